The molecule has 0 saturated carbocycles. The Morgan fingerprint density at radius 3 is 2.56 bits per heavy atom. The smallest absolute Gasteiger partial charge is 0.276 e. The molecule has 2 rings (SSSR count). The van der Waals surface area contributed by atoms with Gasteiger partial charge in [-0.1, -0.05) is 11.8 Å². The molecule has 2 N–H and O–H groups in total. The van der Waals surface area contributed by atoms with E-state index in [0.29, 0.717) is 16.2 Å². The van der Waals surface area contributed by atoms with Gasteiger partial charge in [-0.25, -0.2) is 0 Å². The normalized spacial score (nSPS) is 10.1. The molecule has 7 heteroatoms. The number of aromatic nitrogens is 2. The van der Waals surface area contributed by atoms with Crippen molar-refractivity contribution in [2.45, 2.75) is 5.22 Å². The summed E-state index contributed by atoms with van der Waals surface area (Å²) in [6.45, 7) is 0. The molecule has 0 aliphatic rings. The Hall–Kier alpha value is -1.60. The van der Waals surface area contributed by atoms with Crippen LogP contribution >= 0.6 is 24.0 Å². The number of anilines is 1. The van der Waals surface area contributed by atoms with Crippen molar-refractivity contribution in [3.63, 3.8) is 0 Å². The second kappa shape index (κ2) is 5.83. The van der Waals surface area contributed by atoms with Crippen LogP contribution in [-0.2, 0) is 0 Å². The molecule has 0 atom stereocenters. The summed E-state index contributed by atoms with van der Waals surface area (Å²) in [5.41, 5.74) is 1.78. The van der Waals surface area contributed by atoms with Crippen LogP contribution in [0.2, 0.25) is 0 Å². The first-order chi connectivity index (χ1) is 8.72. The fourth-order valence-electron chi connectivity index (χ4n) is 1.30. The molecule has 0 unspecified atom stereocenters. The monoisotopic (exact) mass is 280 g/mol. The summed E-state index contributed by atoms with van der Waals surface area (Å²) in [5, 5.41) is 14.9. The second-order valence-corrected chi connectivity index (χ2v) is 4.52. The molecule has 0 amide bonds. The van der Waals surface area contributed by atoms with E-state index in [1.54, 1.807) is 7.05 Å². The Balaban J connectivity index is 2.14. The van der Waals surface area contributed by atoms with Gasteiger partial charge in [0.05, 0.1) is 0 Å². The van der Waals surface area contributed by atoms with E-state index in [-0.39, 0.29) is 0 Å². The first-order valence-electron chi connectivity index (χ1n) is 5.19. The number of rotatable bonds is 3. The lowest BCUT2D eigenvalue weighted by Gasteiger charge is -2.06. The van der Waals surface area contributed by atoms with Gasteiger partial charge in [0.2, 0.25) is 5.89 Å². The maximum atomic E-state index is 5.44. The molecule has 2 aromatic rings. The lowest BCUT2D eigenvalue weighted by atomic mass is 10.2. The molecular weight excluding hydrogens is 268 g/mol. The maximum absolute atomic E-state index is 5.44. The second-order valence-electron chi connectivity index (χ2n) is 3.36. The number of nitrogens with one attached hydrogen (secondary N) is 2. The molecule has 1 aromatic carbocycles. The molecule has 0 fully saturated rings. The average molecular weight is 280 g/mol. The molecule has 1 heterocycles. The number of thiocarbonyl (C=S) groups is 1. The van der Waals surface area contributed by atoms with Gasteiger partial charge in [-0.2, -0.15) is 0 Å². The number of thioether (sulfide) groups is 1. The Labute approximate surface area is 114 Å². The molecule has 94 valence electrons. The Kier molecular flexibility index (Phi) is 4.16. The first-order valence-corrected chi connectivity index (χ1v) is 6.83. The van der Waals surface area contributed by atoms with Gasteiger partial charge in [-0.3, -0.25) is 0 Å². The zero-order chi connectivity index (χ0) is 13.0. The highest BCUT2D eigenvalue weighted by molar-refractivity contribution is 7.98. The number of hydrogen-bond donors (Lipinski definition) is 2. The maximum Gasteiger partial charge on any atom is 0.276 e. The predicted octanol–water partition coefficient (Wildman–Crippen LogP) is 2.37. The van der Waals surface area contributed by atoms with Crippen LogP contribution in [0, 0.1) is 0 Å². The van der Waals surface area contributed by atoms with Crippen molar-refractivity contribution >= 4 is 34.8 Å². The summed E-state index contributed by atoms with van der Waals surface area (Å²) in [6, 6.07) is 7.61. The number of benzene rings is 1. The van der Waals surface area contributed by atoms with Gasteiger partial charge in [-0.05, 0) is 42.7 Å². The molecule has 0 spiro atoms. The largest absolute Gasteiger partial charge is 0.411 e. The fraction of sp³-hybridized carbons (Fsp3) is 0.182. The molecule has 0 aliphatic heterocycles. The SMILES string of the molecule is CNC(=S)Nc1ccc(-c2nnc(SC)o2)cc1. The van der Waals surface area contributed by atoms with Gasteiger partial charge < -0.3 is 15.1 Å². The van der Waals surface area contributed by atoms with Crippen LogP contribution in [0.25, 0.3) is 11.5 Å². The third kappa shape index (κ3) is 2.99. The van der Waals surface area contributed by atoms with E-state index in [4.69, 9.17) is 16.6 Å². The van der Waals surface area contributed by atoms with Crippen LogP contribution in [0.1, 0.15) is 0 Å². The Morgan fingerprint density at radius 1 is 1.28 bits per heavy atom. The third-order valence-corrected chi connectivity index (χ3v) is 3.02. The van der Waals surface area contributed by atoms with Crippen molar-refractivity contribution in [3.8, 4) is 11.5 Å². The van der Waals surface area contributed by atoms with Crippen molar-refractivity contribution in [2.24, 2.45) is 0 Å². The van der Waals surface area contributed by atoms with Gasteiger partial charge in [0.1, 0.15) is 0 Å². The molecule has 0 aliphatic carbocycles. The highest BCUT2D eigenvalue weighted by atomic mass is 32.2. The van der Waals surface area contributed by atoms with E-state index in [1.165, 1.54) is 11.8 Å². The molecule has 18 heavy (non-hydrogen) atoms. The summed E-state index contributed by atoms with van der Waals surface area (Å²) in [4.78, 5) is 0. The topological polar surface area (TPSA) is 63.0 Å². The van der Waals surface area contributed by atoms with Gasteiger partial charge in [0, 0.05) is 18.3 Å². The summed E-state index contributed by atoms with van der Waals surface area (Å²) in [5.74, 6) is 0.516. The van der Waals surface area contributed by atoms with Gasteiger partial charge >= 0.3 is 0 Å². The molecule has 0 radical (unpaired) electrons. The van der Waals surface area contributed by atoms with Crippen LogP contribution in [0.3, 0.4) is 0 Å². The first kappa shape index (κ1) is 12.8. The standard InChI is InChI=1S/C11H12N4OS2/c1-12-10(17)13-8-5-3-7(4-6-8)9-14-15-11(16-9)18-2/h3-6H,1-2H3,(H2,12,13,17). The summed E-state index contributed by atoms with van der Waals surface area (Å²) in [7, 11) is 1.77. The lowest BCUT2D eigenvalue weighted by Crippen LogP contribution is -2.23. The average Bonchev–Trinajstić information content (AvgIpc) is 2.88. The zero-order valence-electron chi connectivity index (χ0n) is 9.93. The molecule has 0 saturated heterocycles. The number of hydrogen-bond acceptors (Lipinski definition) is 5. The van der Waals surface area contributed by atoms with Crippen LogP contribution in [0.5, 0.6) is 0 Å². The van der Waals surface area contributed by atoms with Crippen molar-refractivity contribution in [1.29, 1.82) is 0 Å². The molecule has 0 bridgehead atoms. The minimum absolute atomic E-state index is 0.516. The number of nitrogens with zero attached hydrogens (tertiary/aromatic N) is 2. The van der Waals surface area contributed by atoms with E-state index in [9.17, 15) is 0 Å². The summed E-state index contributed by atoms with van der Waals surface area (Å²) in [6.07, 6.45) is 1.89. The van der Waals surface area contributed by atoms with Gasteiger partial charge in [0.15, 0.2) is 5.11 Å². The summed E-state index contributed by atoms with van der Waals surface area (Å²) < 4.78 is 5.44. The zero-order valence-corrected chi connectivity index (χ0v) is 11.6. The van der Waals surface area contributed by atoms with Crippen molar-refractivity contribution < 1.29 is 4.42 Å². The molecule has 1 aromatic heterocycles. The van der Waals surface area contributed by atoms with E-state index >= 15 is 0 Å². The van der Waals surface area contributed by atoms with Crippen LogP contribution in [-0.4, -0.2) is 28.6 Å². The Morgan fingerprint density at radius 2 is 2.00 bits per heavy atom. The van der Waals surface area contributed by atoms with Crippen molar-refractivity contribution in [2.75, 3.05) is 18.6 Å². The van der Waals surface area contributed by atoms with Crippen LogP contribution < -0.4 is 10.6 Å². The third-order valence-electron chi connectivity index (χ3n) is 2.20. The van der Waals surface area contributed by atoms with Gasteiger partial charge in [-0.15, -0.1) is 10.2 Å². The van der Waals surface area contributed by atoms with Crippen molar-refractivity contribution in [3.05, 3.63) is 24.3 Å². The fourth-order valence-corrected chi connectivity index (χ4v) is 1.70. The highest BCUT2D eigenvalue weighted by Gasteiger charge is 2.07. The molecular formula is C11H12N4OS2. The lowest BCUT2D eigenvalue weighted by molar-refractivity contribution is 0.466. The minimum Gasteiger partial charge on any atom is -0.411 e. The quantitative estimate of drug-likeness (QED) is 0.661. The van der Waals surface area contributed by atoms with Crippen LogP contribution in [0.4, 0.5) is 5.69 Å². The summed E-state index contributed by atoms with van der Waals surface area (Å²) >= 11 is 6.44. The van der Waals surface area contributed by atoms with Crippen molar-refractivity contribution in [1.82, 2.24) is 15.5 Å². The minimum atomic E-state index is 0.516. The highest BCUT2D eigenvalue weighted by Crippen LogP contribution is 2.22. The molecule has 5 nitrogen and oxygen atoms in total. The van der Waals surface area contributed by atoms with E-state index in [2.05, 4.69) is 20.8 Å². The Bertz CT molecular complexity index is 538. The van der Waals surface area contributed by atoms with E-state index in [0.717, 1.165) is 11.3 Å². The van der Waals surface area contributed by atoms with E-state index < -0.39 is 0 Å². The van der Waals surface area contributed by atoms with E-state index in [1.807, 2.05) is 30.5 Å². The van der Waals surface area contributed by atoms with Gasteiger partial charge in [0.25, 0.3) is 5.22 Å². The predicted molar refractivity (Wildman–Crippen MR) is 76.8 cm³/mol. The van der Waals surface area contributed by atoms with Crippen LogP contribution in [0.15, 0.2) is 33.9 Å².